The second-order valence-electron chi connectivity index (χ2n) is 8.21. The van der Waals surface area contributed by atoms with Crippen molar-refractivity contribution in [2.45, 2.75) is 32.8 Å². The molecule has 1 aliphatic rings. The lowest BCUT2D eigenvalue weighted by atomic mass is 10.1. The van der Waals surface area contributed by atoms with E-state index >= 15 is 0 Å². The lowest BCUT2D eigenvalue weighted by Crippen LogP contribution is -2.39. The van der Waals surface area contributed by atoms with Gasteiger partial charge in [0, 0.05) is 28.0 Å². The number of carbonyl (C=O) groups is 1. The summed E-state index contributed by atoms with van der Waals surface area (Å²) in [6.07, 6.45) is 4.10. The smallest absolute Gasteiger partial charge is 0.410 e. The van der Waals surface area contributed by atoms with Gasteiger partial charge in [0.1, 0.15) is 23.4 Å². The van der Waals surface area contributed by atoms with E-state index in [0.29, 0.717) is 13.1 Å². The zero-order valence-electron chi connectivity index (χ0n) is 17.2. The molecule has 1 aliphatic heterocycles. The van der Waals surface area contributed by atoms with Gasteiger partial charge < -0.3 is 19.9 Å². The molecule has 0 aliphatic carbocycles. The molecule has 0 saturated carbocycles. The molecule has 0 fully saturated rings. The SMILES string of the molecule is CC(C)(C)OC(=O)N1CC=C(c2cc3c(Nc4cccc(I)c4)ncnc3[nH]2)CC1. The van der Waals surface area contributed by atoms with Gasteiger partial charge in [-0.2, -0.15) is 0 Å². The van der Waals surface area contributed by atoms with Crippen LogP contribution in [0.4, 0.5) is 16.3 Å². The minimum Gasteiger partial charge on any atom is -0.444 e. The van der Waals surface area contributed by atoms with E-state index < -0.39 is 5.60 Å². The van der Waals surface area contributed by atoms with E-state index in [9.17, 15) is 4.79 Å². The number of aromatic nitrogens is 3. The maximum Gasteiger partial charge on any atom is 0.410 e. The molecule has 1 amide bonds. The first-order valence-corrected chi connectivity index (χ1v) is 10.9. The van der Waals surface area contributed by atoms with Crippen molar-refractivity contribution in [3.63, 3.8) is 0 Å². The topological polar surface area (TPSA) is 83.1 Å². The lowest BCUT2D eigenvalue weighted by Gasteiger charge is -2.29. The third-order valence-electron chi connectivity index (χ3n) is 4.72. The number of fused-ring (bicyclic) bond motifs is 1. The van der Waals surface area contributed by atoms with Gasteiger partial charge in [0.15, 0.2) is 0 Å². The molecule has 2 aromatic heterocycles. The highest BCUT2D eigenvalue weighted by Gasteiger charge is 2.24. The van der Waals surface area contributed by atoms with Crippen molar-refractivity contribution in [3.05, 3.63) is 52.0 Å². The summed E-state index contributed by atoms with van der Waals surface area (Å²) in [6, 6.07) is 10.2. The zero-order chi connectivity index (χ0) is 21.3. The van der Waals surface area contributed by atoms with Gasteiger partial charge >= 0.3 is 6.09 Å². The molecular formula is C22H24IN5O2. The molecule has 30 heavy (non-hydrogen) atoms. The predicted octanol–water partition coefficient (Wildman–Crippen LogP) is 5.33. The highest BCUT2D eigenvalue weighted by atomic mass is 127. The van der Waals surface area contributed by atoms with E-state index in [4.69, 9.17) is 4.74 Å². The standard InChI is InChI=1S/C22H24IN5O2/c1-22(2,3)30-21(29)28-9-7-14(8-10-28)18-12-17-19(24-13-25-20(17)27-18)26-16-6-4-5-15(23)11-16/h4-7,11-13H,8-10H2,1-3H3,(H2,24,25,26,27). The molecule has 1 aromatic carbocycles. The molecule has 8 heteroatoms. The molecular weight excluding hydrogens is 493 g/mol. The summed E-state index contributed by atoms with van der Waals surface area (Å²) < 4.78 is 6.62. The summed E-state index contributed by atoms with van der Waals surface area (Å²) in [4.78, 5) is 26.2. The van der Waals surface area contributed by atoms with Crippen LogP contribution in [0.25, 0.3) is 16.6 Å². The Bertz CT molecular complexity index is 1120. The van der Waals surface area contributed by atoms with Crippen LogP contribution in [0, 0.1) is 3.57 Å². The fourth-order valence-corrected chi connectivity index (χ4v) is 3.86. The van der Waals surface area contributed by atoms with Crippen LogP contribution in [-0.4, -0.2) is 44.6 Å². The third kappa shape index (κ3) is 4.75. The fraction of sp³-hybridized carbons (Fsp3) is 0.318. The zero-order valence-corrected chi connectivity index (χ0v) is 19.4. The lowest BCUT2D eigenvalue weighted by molar-refractivity contribution is 0.0270. The minimum atomic E-state index is -0.489. The maximum absolute atomic E-state index is 12.3. The van der Waals surface area contributed by atoms with Crippen molar-refractivity contribution in [1.29, 1.82) is 0 Å². The monoisotopic (exact) mass is 517 g/mol. The first-order valence-electron chi connectivity index (χ1n) is 9.82. The van der Waals surface area contributed by atoms with E-state index in [1.807, 2.05) is 39.0 Å². The summed E-state index contributed by atoms with van der Waals surface area (Å²) in [5.74, 6) is 0.760. The Labute approximate surface area is 189 Å². The number of aromatic amines is 1. The highest BCUT2D eigenvalue weighted by Crippen LogP contribution is 2.29. The summed E-state index contributed by atoms with van der Waals surface area (Å²) in [7, 11) is 0. The number of hydrogen-bond donors (Lipinski definition) is 2. The highest BCUT2D eigenvalue weighted by molar-refractivity contribution is 14.1. The van der Waals surface area contributed by atoms with Gasteiger partial charge in [-0.05, 0) is 79.6 Å². The Morgan fingerprint density at radius 3 is 2.80 bits per heavy atom. The van der Waals surface area contributed by atoms with Crippen molar-refractivity contribution in [3.8, 4) is 0 Å². The molecule has 4 rings (SSSR count). The van der Waals surface area contributed by atoms with Crippen molar-refractivity contribution in [2.24, 2.45) is 0 Å². The Hall–Kier alpha value is -2.62. The van der Waals surface area contributed by atoms with Crippen LogP contribution >= 0.6 is 22.6 Å². The number of H-pyrrole nitrogens is 1. The average molecular weight is 517 g/mol. The van der Waals surface area contributed by atoms with E-state index in [1.165, 1.54) is 0 Å². The van der Waals surface area contributed by atoms with Crippen LogP contribution in [0.3, 0.4) is 0 Å². The number of nitrogens with zero attached hydrogens (tertiary/aromatic N) is 3. The Morgan fingerprint density at radius 2 is 2.10 bits per heavy atom. The minimum absolute atomic E-state index is 0.274. The van der Waals surface area contributed by atoms with Crippen molar-refractivity contribution in [2.75, 3.05) is 18.4 Å². The second-order valence-corrected chi connectivity index (χ2v) is 9.45. The van der Waals surface area contributed by atoms with Crippen LogP contribution in [-0.2, 0) is 4.74 Å². The second kappa shape index (κ2) is 8.25. The molecule has 0 spiro atoms. The van der Waals surface area contributed by atoms with Crippen LogP contribution in [0.5, 0.6) is 0 Å². The predicted molar refractivity (Wildman–Crippen MR) is 127 cm³/mol. The number of amides is 1. The van der Waals surface area contributed by atoms with Crippen LogP contribution in [0.15, 0.2) is 42.7 Å². The number of halogens is 1. The van der Waals surface area contributed by atoms with Gasteiger partial charge in [0.2, 0.25) is 0 Å². The van der Waals surface area contributed by atoms with Gasteiger partial charge in [-0.15, -0.1) is 0 Å². The molecule has 0 radical (unpaired) electrons. The number of nitrogens with one attached hydrogen (secondary N) is 2. The molecule has 156 valence electrons. The van der Waals surface area contributed by atoms with Crippen molar-refractivity contribution in [1.82, 2.24) is 19.9 Å². The maximum atomic E-state index is 12.3. The van der Waals surface area contributed by atoms with Crippen LogP contribution in [0.1, 0.15) is 32.9 Å². The Kier molecular flexibility index (Phi) is 5.68. The van der Waals surface area contributed by atoms with Crippen molar-refractivity contribution >= 4 is 56.8 Å². The third-order valence-corrected chi connectivity index (χ3v) is 5.39. The van der Waals surface area contributed by atoms with Gasteiger partial charge in [-0.25, -0.2) is 14.8 Å². The molecule has 0 bridgehead atoms. The number of hydrogen-bond acceptors (Lipinski definition) is 5. The van der Waals surface area contributed by atoms with Crippen LogP contribution in [0.2, 0.25) is 0 Å². The molecule has 3 heterocycles. The van der Waals surface area contributed by atoms with Gasteiger partial charge in [0.25, 0.3) is 0 Å². The van der Waals surface area contributed by atoms with Crippen molar-refractivity contribution < 1.29 is 9.53 Å². The number of carbonyl (C=O) groups excluding carboxylic acids is 1. The summed E-state index contributed by atoms with van der Waals surface area (Å²) >= 11 is 2.29. The van der Waals surface area contributed by atoms with Gasteiger partial charge in [0.05, 0.1) is 5.39 Å². The van der Waals surface area contributed by atoms with Gasteiger partial charge in [-0.1, -0.05) is 12.1 Å². The molecule has 3 aromatic rings. The Morgan fingerprint density at radius 1 is 1.27 bits per heavy atom. The average Bonchev–Trinajstić information content (AvgIpc) is 3.12. The Balaban J connectivity index is 1.54. The largest absolute Gasteiger partial charge is 0.444 e. The summed E-state index contributed by atoms with van der Waals surface area (Å²) in [6.45, 7) is 6.78. The number of ether oxygens (including phenoxy) is 1. The van der Waals surface area contributed by atoms with E-state index in [2.05, 4.69) is 61.1 Å². The number of benzene rings is 1. The normalized spacial score (nSPS) is 14.5. The molecule has 0 unspecified atom stereocenters. The first kappa shape index (κ1) is 20.6. The summed E-state index contributed by atoms with van der Waals surface area (Å²) in [5, 5.41) is 4.32. The van der Waals surface area contributed by atoms with Crippen LogP contribution < -0.4 is 5.32 Å². The molecule has 2 N–H and O–H groups in total. The van der Waals surface area contributed by atoms with E-state index in [1.54, 1.807) is 11.2 Å². The fourth-order valence-electron chi connectivity index (χ4n) is 3.32. The van der Waals surface area contributed by atoms with E-state index in [0.717, 1.165) is 43.8 Å². The molecule has 0 atom stereocenters. The van der Waals surface area contributed by atoms with E-state index in [-0.39, 0.29) is 6.09 Å². The first-order chi connectivity index (χ1) is 14.3. The number of anilines is 2. The molecule has 7 nitrogen and oxygen atoms in total. The van der Waals surface area contributed by atoms with Gasteiger partial charge in [-0.3, -0.25) is 0 Å². The summed E-state index contributed by atoms with van der Waals surface area (Å²) in [5.41, 5.74) is 3.43. The number of rotatable bonds is 3. The quantitative estimate of drug-likeness (QED) is 0.459. The molecule has 0 saturated heterocycles.